The van der Waals surface area contributed by atoms with E-state index in [4.69, 9.17) is 0 Å². The quantitative estimate of drug-likeness (QED) is 0.409. The largest absolute Gasteiger partial charge is 0.355 e. The first-order valence-corrected chi connectivity index (χ1v) is 8.07. The fourth-order valence-corrected chi connectivity index (χ4v) is 2.59. The van der Waals surface area contributed by atoms with E-state index in [0.29, 0.717) is 12.3 Å². The average Bonchev–Trinajstić information content (AvgIpc) is 2.78. The molecule has 0 aliphatic rings. The summed E-state index contributed by atoms with van der Waals surface area (Å²) in [5, 5.41) is 11.8. The lowest BCUT2D eigenvalue weighted by Crippen LogP contribution is -2.26. The summed E-state index contributed by atoms with van der Waals surface area (Å²) in [4.78, 5) is 11.7. The molecule has 1 amide bonds. The van der Waals surface area contributed by atoms with Gasteiger partial charge in [-0.3, -0.25) is 4.79 Å². The molecular formula is C14H24N4OS. The van der Waals surface area contributed by atoms with E-state index in [-0.39, 0.29) is 5.91 Å². The predicted octanol–water partition coefficient (Wildman–Crippen LogP) is 2.56. The number of allylic oxidation sites excluding steroid dienone is 1. The van der Waals surface area contributed by atoms with Crippen LogP contribution in [0.25, 0.3) is 0 Å². The first-order chi connectivity index (χ1) is 9.69. The molecule has 5 nitrogen and oxygen atoms in total. The maximum atomic E-state index is 11.7. The van der Waals surface area contributed by atoms with E-state index in [1.807, 2.05) is 11.5 Å². The molecule has 0 aliphatic carbocycles. The highest BCUT2D eigenvalue weighted by Gasteiger charge is 2.10. The third-order valence-corrected chi connectivity index (χ3v) is 3.87. The Bertz CT molecular complexity index is 431. The molecule has 1 rings (SSSR count). The number of unbranched alkanes of at least 4 members (excludes halogenated alkanes) is 3. The maximum Gasteiger partial charge on any atom is 0.230 e. The van der Waals surface area contributed by atoms with Crippen LogP contribution in [0.1, 0.15) is 38.4 Å². The molecule has 1 aromatic rings. The van der Waals surface area contributed by atoms with Crippen molar-refractivity contribution in [2.75, 3.05) is 12.3 Å². The molecule has 1 N–H and O–H groups in total. The SMILES string of the molecule is C=CCn1c(C)nnc1SCC(=O)NCCCCCC. The second kappa shape index (κ2) is 9.58. The minimum atomic E-state index is 0.0531. The smallest absolute Gasteiger partial charge is 0.230 e. The van der Waals surface area contributed by atoms with Gasteiger partial charge in [-0.25, -0.2) is 0 Å². The van der Waals surface area contributed by atoms with Crippen molar-refractivity contribution in [3.8, 4) is 0 Å². The molecule has 1 heterocycles. The molecular weight excluding hydrogens is 272 g/mol. The molecule has 0 radical (unpaired) electrons. The number of aryl methyl sites for hydroxylation is 1. The number of hydrogen-bond acceptors (Lipinski definition) is 4. The summed E-state index contributed by atoms with van der Waals surface area (Å²) in [5.41, 5.74) is 0. The van der Waals surface area contributed by atoms with Crippen LogP contribution in [0.15, 0.2) is 17.8 Å². The summed E-state index contributed by atoms with van der Waals surface area (Å²) in [6, 6.07) is 0. The van der Waals surface area contributed by atoms with Gasteiger partial charge in [0.2, 0.25) is 5.91 Å². The molecule has 0 atom stereocenters. The highest BCUT2D eigenvalue weighted by atomic mass is 32.2. The van der Waals surface area contributed by atoms with Gasteiger partial charge in [-0.05, 0) is 13.3 Å². The van der Waals surface area contributed by atoms with E-state index >= 15 is 0 Å². The third-order valence-electron chi connectivity index (χ3n) is 2.90. The Kier molecular flexibility index (Phi) is 8.02. The summed E-state index contributed by atoms with van der Waals surface area (Å²) < 4.78 is 1.95. The molecule has 1 aromatic heterocycles. The summed E-state index contributed by atoms with van der Waals surface area (Å²) in [5.74, 6) is 1.27. The van der Waals surface area contributed by atoms with Crippen molar-refractivity contribution in [2.45, 2.75) is 51.2 Å². The molecule has 0 saturated carbocycles. The lowest BCUT2D eigenvalue weighted by molar-refractivity contribution is -0.118. The second-order valence-corrected chi connectivity index (χ2v) is 5.57. The average molecular weight is 296 g/mol. The molecule has 0 spiro atoms. The first-order valence-electron chi connectivity index (χ1n) is 7.09. The van der Waals surface area contributed by atoms with Gasteiger partial charge in [0.15, 0.2) is 5.16 Å². The van der Waals surface area contributed by atoms with Crippen LogP contribution in [-0.4, -0.2) is 33.0 Å². The van der Waals surface area contributed by atoms with Crippen LogP contribution in [0.4, 0.5) is 0 Å². The fourth-order valence-electron chi connectivity index (χ4n) is 1.77. The number of carbonyl (C=O) groups is 1. The highest BCUT2D eigenvalue weighted by Crippen LogP contribution is 2.16. The fraction of sp³-hybridized carbons (Fsp3) is 0.643. The van der Waals surface area contributed by atoms with E-state index in [9.17, 15) is 4.79 Å². The van der Waals surface area contributed by atoms with Crippen molar-refractivity contribution in [2.24, 2.45) is 0 Å². The number of hydrogen-bond donors (Lipinski definition) is 1. The van der Waals surface area contributed by atoms with Gasteiger partial charge in [-0.15, -0.1) is 16.8 Å². The van der Waals surface area contributed by atoms with Crippen molar-refractivity contribution >= 4 is 17.7 Å². The summed E-state index contributed by atoms with van der Waals surface area (Å²) in [7, 11) is 0. The van der Waals surface area contributed by atoms with E-state index in [1.165, 1.54) is 31.0 Å². The number of rotatable bonds is 10. The summed E-state index contributed by atoms with van der Waals surface area (Å²) >= 11 is 1.41. The Labute approximate surface area is 125 Å². The zero-order valence-electron chi connectivity index (χ0n) is 12.4. The van der Waals surface area contributed by atoms with Gasteiger partial charge in [-0.1, -0.05) is 44.0 Å². The highest BCUT2D eigenvalue weighted by molar-refractivity contribution is 7.99. The lowest BCUT2D eigenvalue weighted by atomic mass is 10.2. The zero-order chi connectivity index (χ0) is 14.8. The zero-order valence-corrected chi connectivity index (χ0v) is 13.2. The number of nitrogens with zero attached hydrogens (tertiary/aromatic N) is 3. The van der Waals surface area contributed by atoms with Crippen LogP contribution in [-0.2, 0) is 11.3 Å². The van der Waals surface area contributed by atoms with Crippen LogP contribution >= 0.6 is 11.8 Å². The first kappa shape index (κ1) is 16.8. The molecule has 0 aliphatic heterocycles. The molecule has 0 bridgehead atoms. The standard InChI is InChI=1S/C14H24N4OS/c1-4-6-7-8-9-15-13(19)11-20-14-17-16-12(3)18(14)10-5-2/h5H,2,4,6-11H2,1,3H3,(H,15,19). The van der Waals surface area contributed by atoms with E-state index < -0.39 is 0 Å². The third kappa shape index (κ3) is 5.77. The number of thioether (sulfide) groups is 1. The summed E-state index contributed by atoms with van der Waals surface area (Å²) in [6.07, 6.45) is 6.47. The molecule has 6 heteroatoms. The van der Waals surface area contributed by atoms with Gasteiger partial charge < -0.3 is 9.88 Å². The van der Waals surface area contributed by atoms with Gasteiger partial charge in [0.05, 0.1) is 5.75 Å². The van der Waals surface area contributed by atoms with Crippen LogP contribution in [0.3, 0.4) is 0 Å². The summed E-state index contributed by atoms with van der Waals surface area (Å²) in [6.45, 7) is 9.22. The van der Waals surface area contributed by atoms with Crippen LogP contribution in [0.5, 0.6) is 0 Å². The normalized spacial score (nSPS) is 10.5. The number of amides is 1. The Morgan fingerprint density at radius 1 is 1.40 bits per heavy atom. The Hall–Kier alpha value is -1.30. The van der Waals surface area contributed by atoms with Crippen LogP contribution in [0, 0.1) is 6.92 Å². The number of nitrogens with one attached hydrogen (secondary N) is 1. The Morgan fingerprint density at radius 3 is 2.90 bits per heavy atom. The molecule has 20 heavy (non-hydrogen) atoms. The van der Waals surface area contributed by atoms with Gasteiger partial charge in [0, 0.05) is 13.1 Å². The molecule has 112 valence electrons. The molecule has 0 unspecified atom stereocenters. The van der Waals surface area contributed by atoms with Crippen molar-refractivity contribution in [3.05, 3.63) is 18.5 Å². The number of aromatic nitrogens is 3. The van der Waals surface area contributed by atoms with Crippen LogP contribution < -0.4 is 5.32 Å². The predicted molar refractivity (Wildman–Crippen MR) is 82.8 cm³/mol. The van der Waals surface area contributed by atoms with Crippen LogP contribution in [0.2, 0.25) is 0 Å². The van der Waals surface area contributed by atoms with Gasteiger partial charge in [-0.2, -0.15) is 0 Å². The van der Waals surface area contributed by atoms with Gasteiger partial charge in [0.25, 0.3) is 0 Å². The van der Waals surface area contributed by atoms with Crippen molar-refractivity contribution in [1.82, 2.24) is 20.1 Å². The Balaban J connectivity index is 2.28. The van der Waals surface area contributed by atoms with Gasteiger partial charge in [0.1, 0.15) is 5.82 Å². The Morgan fingerprint density at radius 2 is 2.20 bits per heavy atom. The molecule has 0 aromatic carbocycles. The van der Waals surface area contributed by atoms with Crippen molar-refractivity contribution < 1.29 is 4.79 Å². The van der Waals surface area contributed by atoms with Gasteiger partial charge >= 0.3 is 0 Å². The maximum absolute atomic E-state index is 11.7. The van der Waals surface area contributed by atoms with Crippen molar-refractivity contribution in [3.63, 3.8) is 0 Å². The van der Waals surface area contributed by atoms with E-state index in [2.05, 4.69) is 29.0 Å². The number of carbonyl (C=O) groups excluding carboxylic acids is 1. The van der Waals surface area contributed by atoms with E-state index in [0.717, 1.165) is 23.9 Å². The lowest BCUT2D eigenvalue weighted by Gasteiger charge is -2.06. The topological polar surface area (TPSA) is 59.8 Å². The molecule has 0 fully saturated rings. The van der Waals surface area contributed by atoms with E-state index in [1.54, 1.807) is 6.08 Å². The monoisotopic (exact) mass is 296 g/mol. The van der Waals surface area contributed by atoms with Crippen molar-refractivity contribution in [1.29, 1.82) is 0 Å². The second-order valence-electron chi connectivity index (χ2n) is 4.63. The molecule has 0 saturated heterocycles. The minimum absolute atomic E-state index is 0.0531. The minimum Gasteiger partial charge on any atom is -0.355 e.